The molecule has 2 aliphatic heterocycles. The zero-order valence-electron chi connectivity index (χ0n) is 15.4. The van der Waals surface area contributed by atoms with E-state index in [-0.39, 0.29) is 17.6 Å². The second kappa shape index (κ2) is 6.82. The van der Waals surface area contributed by atoms with Crippen molar-refractivity contribution in [3.8, 4) is 5.75 Å². The van der Waals surface area contributed by atoms with Crippen LogP contribution in [-0.4, -0.2) is 19.6 Å². The number of ether oxygens (including phenoxy) is 2. The molecule has 5 heteroatoms. The van der Waals surface area contributed by atoms with Gasteiger partial charge in [-0.15, -0.1) is 0 Å². The molecule has 0 aliphatic carbocycles. The van der Waals surface area contributed by atoms with Crippen LogP contribution in [0.15, 0.2) is 54.6 Å². The Labute approximate surface area is 158 Å². The van der Waals surface area contributed by atoms with Gasteiger partial charge >= 0.3 is 0 Å². The van der Waals surface area contributed by atoms with Crippen LogP contribution in [0.5, 0.6) is 5.75 Å². The van der Waals surface area contributed by atoms with Gasteiger partial charge in [0.25, 0.3) is 5.91 Å². The molecule has 0 aromatic heterocycles. The molecule has 1 spiro atoms. The number of fused-ring (bicyclic) bond motifs is 2. The minimum atomic E-state index is -1.06. The summed E-state index contributed by atoms with van der Waals surface area (Å²) in [4.78, 5) is 15.4. The normalized spacial score (nSPS) is 24.2. The predicted octanol–water partition coefficient (Wildman–Crippen LogP) is 4.19. The maximum atomic E-state index is 13.6. The number of methoxy groups -OCH3 is 1. The van der Waals surface area contributed by atoms with Crippen LogP contribution in [0, 0.1) is 11.7 Å². The molecule has 0 N–H and O–H groups in total. The van der Waals surface area contributed by atoms with Gasteiger partial charge in [0.2, 0.25) is 0 Å². The average molecular weight is 367 g/mol. The Morgan fingerprint density at radius 3 is 2.78 bits per heavy atom. The standard InChI is InChI=1S/C22H22FNO3/c1-15-5-3-4-12-27-22(15)19-13-18(26-2)10-11-20(19)24(21(22)25)14-16-6-8-17(23)9-7-16/h3,5-11,13,15H,4,12,14H2,1-2H3/t15-,22-/m1/s1. The zero-order valence-corrected chi connectivity index (χ0v) is 15.4. The number of benzene rings is 2. The van der Waals surface area contributed by atoms with Crippen molar-refractivity contribution in [3.05, 3.63) is 71.6 Å². The average Bonchev–Trinajstić information content (AvgIpc) is 2.80. The number of hydrogen-bond acceptors (Lipinski definition) is 3. The van der Waals surface area contributed by atoms with E-state index in [0.717, 1.165) is 23.2 Å². The van der Waals surface area contributed by atoms with E-state index in [4.69, 9.17) is 9.47 Å². The van der Waals surface area contributed by atoms with E-state index in [2.05, 4.69) is 12.2 Å². The van der Waals surface area contributed by atoms with Gasteiger partial charge in [0.1, 0.15) is 11.6 Å². The van der Waals surface area contributed by atoms with Crippen molar-refractivity contribution in [2.24, 2.45) is 5.92 Å². The number of nitrogens with zero attached hydrogens (tertiary/aromatic N) is 1. The van der Waals surface area contributed by atoms with Crippen molar-refractivity contribution in [1.29, 1.82) is 0 Å². The molecule has 1 amide bonds. The Morgan fingerprint density at radius 2 is 2.04 bits per heavy atom. The molecule has 0 radical (unpaired) electrons. The molecule has 0 saturated heterocycles. The van der Waals surface area contributed by atoms with Crippen LogP contribution in [0.3, 0.4) is 0 Å². The van der Waals surface area contributed by atoms with Crippen LogP contribution < -0.4 is 9.64 Å². The Hall–Kier alpha value is -2.66. The fourth-order valence-electron chi connectivity index (χ4n) is 3.96. The Balaban J connectivity index is 1.82. The summed E-state index contributed by atoms with van der Waals surface area (Å²) in [5, 5.41) is 0. The van der Waals surface area contributed by atoms with Crippen LogP contribution in [0.1, 0.15) is 24.5 Å². The first kappa shape index (κ1) is 17.7. The summed E-state index contributed by atoms with van der Waals surface area (Å²) in [5.74, 6) is 0.193. The number of halogens is 1. The van der Waals surface area contributed by atoms with Crippen LogP contribution in [0.4, 0.5) is 10.1 Å². The van der Waals surface area contributed by atoms with Gasteiger partial charge in [0.05, 0.1) is 25.9 Å². The number of carbonyl (C=O) groups excluding carboxylic acids is 1. The van der Waals surface area contributed by atoms with Gasteiger partial charge in [0, 0.05) is 11.5 Å². The van der Waals surface area contributed by atoms with E-state index in [1.165, 1.54) is 12.1 Å². The summed E-state index contributed by atoms with van der Waals surface area (Å²) in [7, 11) is 1.61. The summed E-state index contributed by atoms with van der Waals surface area (Å²) >= 11 is 0. The second-order valence-electron chi connectivity index (χ2n) is 6.99. The molecular formula is C22H22FNO3. The number of anilines is 1. The molecule has 2 atom stereocenters. The molecule has 2 aliphatic rings. The molecule has 0 unspecified atom stereocenters. The van der Waals surface area contributed by atoms with Crippen LogP contribution >= 0.6 is 0 Å². The highest BCUT2D eigenvalue weighted by Crippen LogP contribution is 2.50. The third-order valence-electron chi connectivity index (χ3n) is 5.39. The van der Waals surface area contributed by atoms with E-state index in [0.29, 0.717) is 18.9 Å². The number of carbonyl (C=O) groups is 1. The lowest BCUT2D eigenvalue weighted by Gasteiger charge is -2.32. The summed E-state index contributed by atoms with van der Waals surface area (Å²) in [5.41, 5.74) is 1.44. The molecule has 0 fully saturated rings. The third-order valence-corrected chi connectivity index (χ3v) is 5.39. The Bertz CT molecular complexity index is 893. The molecule has 2 heterocycles. The molecule has 27 heavy (non-hydrogen) atoms. The fourth-order valence-corrected chi connectivity index (χ4v) is 3.96. The lowest BCUT2D eigenvalue weighted by Crippen LogP contribution is -2.46. The molecule has 0 saturated carbocycles. The van der Waals surface area contributed by atoms with Gasteiger partial charge in [-0.1, -0.05) is 31.2 Å². The van der Waals surface area contributed by atoms with E-state index in [1.807, 2.05) is 25.1 Å². The van der Waals surface area contributed by atoms with Crippen molar-refractivity contribution in [3.63, 3.8) is 0 Å². The highest BCUT2D eigenvalue weighted by molar-refractivity contribution is 6.07. The summed E-state index contributed by atoms with van der Waals surface area (Å²) < 4.78 is 24.9. The minimum absolute atomic E-state index is 0.0888. The van der Waals surface area contributed by atoms with E-state index in [9.17, 15) is 9.18 Å². The van der Waals surface area contributed by atoms with Gasteiger partial charge in [0.15, 0.2) is 5.60 Å². The summed E-state index contributed by atoms with van der Waals surface area (Å²) in [6, 6.07) is 11.9. The van der Waals surface area contributed by atoms with Gasteiger partial charge in [-0.05, 0) is 42.3 Å². The van der Waals surface area contributed by atoms with E-state index >= 15 is 0 Å². The fraction of sp³-hybridized carbons (Fsp3) is 0.318. The molecule has 4 rings (SSSR count). The first-order valence-corrected chi connectivity index (χ1v) is 9.12. The van der Waals surface area contributed by atoms with E-state index < -0.39 is 5.60 Å². The SMILES string of the molecule is COc1ccc2c(c1)[C@@]1(OCCC=C[C@H]1C)C(=O)N2Cc1ccc(F)cc1. The van der Waals surface area contributed by atoms with Crippen molar-refractivity contribution in [2.75, 3.05) is 18.6 Å². The highest BCUT2D eigenvalue weighted by atomic mass is 19.1. The summed E-state index contributed by atoms with van der Waals surface area (Å²) in [6.07, 6.45) is 4.89. The second-order valence-corrected chi connectivity index (χ2v) is 6.99. The molecule has 2 aromatic rings. The minimum Gasteiger partial charge on any atom is -0.497 e. The molecule has 2 aromatic carbocycles. The first-order valence-electron chi connectivity index (χ1n) is 9.12. The van der Waals surface area contributed by atoms with Crippen LogP contribution in [0.25, 0.3) is 0 Å². The Morgan fingerprint density at radius 1 is 1.26 bits per heavy atom. The van der Waals surface area contributed by atoms with Gasteiger partial charge in [-0.3, -0.25) is 4.79 Å². The van der Waals surface area contributed by atoms with Crippen molar-refractivity contribution >= 4 is 11.6 Å². The highest BCUT2D eigenvalue weighted by Gasteiger charge is 2.55. The number of rotatable bonds is 3. The first-order chi connectivity index (χ1) is 13.1. The molecule has 4 nitrogen and oxygen atoms in total. The summed E-state index contributed by atoms with van der Waals surface area (Å²) in [6.45, 7) is 2.85. The monoisotopic (exact) mass is 367 g/mol. The number of amides is 1. The third kappa shape index (κ3) is 2.82. The van der Waals surface area contributed by atoms with E-state index in [1.54, 1.807) is 24.1 Å². The van der Waals surface area contributed by atoms with Crippen molar-refractivity contribution in [2.45, 2.75) is 25.5 Å². The van der Waals surface area contributed by atoms with Crippen molar-refractivity contribution < 1.29 is 18.7 Å². The zero-order chi connectivity index (χ0) is 19.0. The maximum Gasteiger partial charge on any atom is 0.264 e. The molecule has 0 bridgehead atoms. The van der Waals surface area contributed by atoms with Crippen LogP contribution in [-0.2, 0) is 21.7 Å². The maximum absolute atomic E-state index is 13.6. The van der Waals surface area contributed by atoms with Crippen LogP contribution in [0.2, 0.25) is 0 Å². The van der Waals surface area contributed by atoms with Gasteiger partial charge in [-0.2, -0.15) is 0 Å². The predicted molar refractivity (Wildman–Crippen MR) is 101 cm³/mol. The van der Waals surface area contributed by atoms with Gasteiger partial charge < -0.3 is 14.4 Å². The van der Waals surface area contributed by atoms with Crippen molar-refractivity contribution in [1.82, 2.24) is 0 Å². The largest absolute Gasteiger partial charge is 0.497 e. The lowest BCUT2D eigenvalue weighted by molar-refractivity contribution is -0.148. The quantitative estimate of drug-likeness (QED) is 0.764. The smallest absolute Gasteiger partial charge is 0.264 e. The Kier molecular flexibility index (Phi) is 4.48. The number of hydrogen-bond donors (Lipinski definition) is 0. The molecular weight excluding hydrogens is 345 g/mol. The van der Waals surface area contributed by atoms with Gasteiger partial charge in [-0.25, -0.2) is 4.39 Å². The lowest BCUT2D eigenvalue weighted by atomic mass is 9.83. The molecule has 140 valence electrons. The topological polar surface area (TPSA) is 38.8 Å².